The zero-order valence-corrected chi connectivity index (χ0v) is 11.8. The number of aromatic nitrogens is 2. The van der Waals surface area contributed by atoms with Crippen LogP contribution in [-0.2, 0) is 6.54 Å². The first-order valence-electron chi connectivity index (χ1n) is 6.42. The fraction of sp³-hybridized carbons (Fsp3) is 0.0625. The van der Waals surface area contributed by atoms with E-state index in [1.54, 1.807) is 0 Å². The highest BCUT2D eigenvalue weighted by Gasteiger charge is 2.09. The molecule has 1 aromatic heterocycles. The predicted molar refractivity (Wildman–Crippen MR) is 83.0 cm³/mol. The highest BCUT2D eigenvalue weighted by Crippen LogP contribution is 2.24. The summed E-state index contributed by atoms with van der Waals surface area (Å²) in [5, 5.41) is 22.1. The Balaban J connectivity index is 1.95. The molecule has 0 radical (unpaired) electrons. The number of fused-ring (bicyclic) bond motifs is 1. The molecule has 1 N–H and O–H groups in total. The Morgan fingerprint density at radius 2 is 1.81 bits per heavy atom. The summed E-state index contributed by atoms with van der Waals surface area (Å²) in [5.74, 6) is 0. The van der Waals surface area contributed by atoms with Crippen LogP contribution in [0.1, 0.15) is 11.3 Å². The van der Waals surface area contributed by atoms with E-state index in [0.29, 0.717) is 22.9 Å². The first-order chi connectivity index (χ1) is 10.3. The molecular formula is C16H11ClN4. The number of anilines is 1. The zero-order valence-electron chi connectivity index (χ0n) is 11.0. The lowest BCUT2D eigenvalue weighted by molar-refractivity contribution is 1.04. The molecule has 1 heterocycles. The van der Waals surface area contributed by atoms with Crippen LogP contribution in [0.2, 0.25) is 5.02 Å². The number of halogens is 1. The van der Waals surface area contributed by atoms with Crippen LogP contribution < -0.4 is 5.32 Å². The summed E-state index contributed by atoms with van der Waals surface area (Å²) in [5.41, 5.74) is 2.83. The number of nitrogens with one attached hydrogen (secondary N) is 1. The van der Waals surface area contributed by atoms with Crippen LogP contribution in [0.25, 0.3) is 10.9 Å². The molecule has 0 aliphatic carbocycles. The van der Waals surface area contributed by atoms with E-state index in [1.807, 2.05) is 48.5 Å². The molecule has 0 saturated carbocycles. The van der Waals surface area contributed by atoms with Gasteiger partial charge in [0.2, 0.25) is 0 Å². The Morgan fingerprint density at radius 3 is 2.57 bits per heavy atom. The van der Waals surface area contributed by atoms with Gasteiger partial charge in [0.05, 0.1) is 11.2 Å². The van der Waals surface area contributed by atoms with Crippen molar-refractivity contribution in [3.05, 3.63) is 64.8 Å². The molecule has 0 saturated heterocycles. The van der Waals surface area contributed by atoms with Crippen molar-refractivity contribution in [2.24, 2.45) is 0 Å². The van der Waals surface area contributed by atoms with Crippen LogP contribution in [0.5, 0.6) is 0 Å². The normalized spacial score (nSPS) is 10.3. The van der Waals surface area contributed by atoms with Gasteiger partial charge in [0.1, 0.15) is 6.07 Å². The summed E-state index contributed by atoms with van der Waals surface area (Å²) in [4.78, 5) is 0. The van der Waals surface area contributed by atoms with Crippen molar-refractivity contribution in [1.29, 1.82) is 5.26 Å². The Kier molecular flexibility index (Phi) is 3.67. The van der Waals surface area contributed by atoms with Gasteiger partial charge in [-0.15, -0.1) is 10.2 Å². The van der Waals surface area contributed by atoms with E-state index in [1.165, 1.54) is 0 Å². The number of benzene rings is 2. The Morgan fingerprint density at radius 1 is 1.05 bits per heavy atom. The van der Waals surface area contributed by atoms with Crippen LogP contribution in [0, 0.1) is 11.3 Å². The van der Waals surface area contributed by atoms with Gasteiger partial charge in [0.25, 0.3) is 0 Å². The molecule has 2 aromatic carbocycles. The van der Waals surface area contributed by atoms with Gasteiger partial charge in [-0.3, -0.25) is 0 Å². The summed E-state index contributed by atoms with van der Waals surface area (Å²) in [7, 11) is 0. The number of hydrogen-bond acceptors (Lipinski definition) is 4. The highest BCUT2D eigenvalue weighted by atomic mass is 35.5. The second kappa shape index (κ2) is 5.78. The highest BCUT2D eigenvalue weighted by molar-refractivity contribution is 6.30. The smallest absolute Gasteiger partial charge is 0.186 e. The maximum atomic E-state index is 9.20. The molecule has 102 valence electrons. The summed E-state index contributed by atoms with van der Waals surface area (Å²) in [6.45, 7) is 0.585. The van der Waals surface area contributed by atoms with Gasteiger partial charge in [-0.25, -0.2) is 0 Å². The predicted octanol–water partition coefficient (Wildman–Crippen LogP) is 3.77. The molecule has 0 aliphatic rings. The molecule has 0 atom stereocenters. The van der Waals surface area contributed by atoms with E-state index in [0.717, 1.165) is 16.5 Å². The van der Waals surface area contributed by atoms with Crippen molar-refractivity contribution in [3.8, 4) is 6.07 Å². The van der Waals surface area contributed by atoms with E-state index in [4.69, 9.17) is 11.6 Å². The lowest BCUT2D eigenvalue weighted by atomic mass is 10.1. The minimum Gasteiger partial charge on any atom is -0.378 e. The SMILES string of the molecule is N#Cc1nnc2ccccc2c1NCc1ccc(Cl)cc1. The van der Waals surface area contributed by atoms with Crippen molar-refractivity contribution in [1.82, 2.24) is 10.2 Å². The first kappa shape index (κ1) is 13.3. The van der Waals surface area contributed by atoms with Gasteiger partial charge < -0.3 is 5.32 Å². The maximum absolute atomic E-state index is 9.20. The van der Waals surface area contributed by atoms with Crippen molar-refractivity contribution < 1.29 is 0 Å². The van der Waals surface area contributed by atoms with Crippen LogP contribution in [0.3, 0.4) is 0 Å². The third-order valence-electron chi connectivity index (χ3n) is 3.16. The van der Waals surface area contributed by atoms with Crippen molar-refractivity contribution >= 4 is 28.2 Å². The third-order valence-corrected chi connectivity index (χ3v) is 3.41. The van der Waals surface area contributed by atoms with Crippen LogP contribution in [0.4, 0.5) is 5.69 Å². The average Bonchev–Trinajstić information content (AvgIpc) is 2.54. The van der Waals surface area contributed by atoms with E-state index in [9.17, 15) is 5.26 Å². The second-order valence-electron chi connectivity index (χ2n) is 4.53. The molecule has 0 fully saturated rings. The lowest BCUT2D eigenvalue weighted by Gasteiger charge is -2.10. The molecule has 3 aromatic rings. The fourth-order valence-corrected chi connectivity index (χ4v) is 2.23. The lowest BCUT2D eigenvalue weighted by Crippen LogP contribution is -2.04. The monoisotopic (exact) mass is 294 g/mol. The molecule has 5 heteroatoms. The average molecular weight is 295 g/mol. The number of rotatable bonds is 3. The first-order valence-corrected chi connectivity index (χ1v) is 6.79. The molecule has 0 unspecified atom stereocenters. The maximum Gasteiger partial charge on any atom is 0.186 e. The minimum absolute atomic E-state index is 0.294. The van der Waals surface area contributed by atoms with Gasteiger partial charge >= 0.3 is 0 Å². The largest absolute Gasteiger partial charge is 0.378 e. The standard InChI is InChI=1S/C16H11ClN4/c17-12-7-5-11(6-8-12)10-19-16-13-3-1-2-4-14(13)20-21-15(16)9-18/h1-8H,10H2,(H,19,20). The number of hydrogen-bond donors (Lipinski definition) is 1. The third kappa shape index (κ3) is 2.78. The van der Waals surface area contributed by atoms with Crippen LogP contribution >= 0.6 is 11.6 Å². The molecule has 0 spiro atoms. The molecular weight excluding hydrogens is 284 g/mol. The molecule has 4 nitrogen and oxygen atoms in total. The van der Waals surface area contributed by atoms with Crippen molar-refractivity contribution in [2.75, 3.05) is 5.32 Å². The quantitative estimate of drug-likeness (QED) is 0.799. The van der Waals surface area contributed by atoms with Gasteiger partial charge in [-0.1, -0.05) is 41.9 Å². The Bertz CT molecular complexity index is 822. The zero-order chi connectivity index (χ0) is 14.7. The van der Waals surface area contributed by atoms with Crippen LogP contribution in [0.15, 0.2) is 48.5 Å². The van der Waals surface area contributed by atoms with Gasteiger partial charge in [0, 0.05) is 17.0 Å². The van der Waals surface area contributed by atoms with E-state index in [-0.39, 0.29) is 0 Å². The number of nitrogens with zero attached hydrogens (tertiary/aromatic N) is 3. The summed E-state index contributed by atoms with van der Waals surface area (Å²) in [6.07, 6.45) is 0. The van der Waals surface area contributed by atoms with Gasteiger partial charge in [-0.2, -0.15) is 5.26 Å². The Labute approximate surface area is 127 Å². The molecule has 0 aliphatic heterocycles. The topological polar surface area (TPSA) is 61.6 Å². The molecule has 0 amide bonds. The van der Waals surface area contributed by atoms with Crippen molar-refractivity contribution in [2.45, 2.75) is 6.54 Å². The van der Waals surface area contributed by atoms with Crippen molar-refractivity contribution in [3.63, 3.8) is 0 Å². The minimum atomic E-state index is 0.294. The van der Waals surface area contributed by atoms with E-state index in [2.05, 4.69) is 21.6 Å². The second-order valence-corrected chi connectivity index (χ2v) is 4.97. The van der Waals surface area contributed by atoms with E-state index >= 15 is 0 Å². The molecule has 3 rings (SSSR count). The summed E-state index contributed by atoms with van der Waals surface area (Å²) in [6, 6.07) is 17.2. The molecule has 21 heavy (non-hydrogen) atoms. The van der Waals surface area contributed by atoms with Gasteiger partial charge in [0.15, 0.2) is 5.69 Å². The van der Waals surface area contributed by atoms with Gasteiger partial charge in [-0.05, 0) is 23.8 Å². The van der Waals surface area contributed by atoms with E-state index < -0.39 is 0 Å². The number of nitriles is 1. The molecule has 0 bridgehead atoms. The summed E-state index contributed by atoms with van der Waals surface area (Å²) >= 11 is 5.87. The summed E-state index contributed by atoms with van der Waals surface area (Å²) < 4.78 is 0. The fourth-order valence-electron chi connectivity index (χ4n) is 2.10. The Hall–Kier alpha value is -2.64. The van der Waals surface area contributed by atoms with Crippen LogP contribution in [-0.4, -0.2) is 10.2 Å².